The first kappa shape index (κ1) is 13.1. The third-order valence-corrected chi connectivity index (χ3v) is 3.16. The molecule has 96 valence electrons. The molecule has 1 aromatic heterocycles. The molecule has 0 saturated carbocycles. The summed E-state index contributed by atoms with van der Waals surface area (Å²) in [5, 5.41) is 12.0. The lowest BCUT2D eigenvalue weighted by molar-refractivity contribution is 0.415. The monoisotopic (exact) mass is 265 g/mol. The Kier molecular flexibility index (Phi) is 3.99. The summed E-state index contributed by atoms with van der Waals surface area (Å²) in [5.41, 5.74) is 1.94. The minimum atomic E-state index is 0.0886. The van der Waals surface area contributed by atoms with E-state index in [0.29, 0.717) is 16.8 Å². The third kappa shape index (κ3) is 2.54. The molecule has 1 atom stereocenters. The number of aryl methyl sites for hydroxylation is 1. The van der Waals surface area contributed by atoms with Crippen LogP contribution < -0.4 is 5.32 Å². The van der Waals surface area contributed by atoms with E-state index in [1.165, 1.54) is 0 Å². The van der Waals surface area contributed by atoms with Crippen LogP contribution >= 0.6 is 11.6 Å². The summed E-state index contributed by atoms with van der Waals surface area (Å²) in [6, 6.07) is 5.72. The molecule has 2 rings (SSSR count). The molecule has 2 aromatic rings. The standard InChI is InChI=1S/C13H16ClN3O/c1-4-11(15-3)13-17-16-12(18-13)10-7-9(14)6-5-8(10)2/h5-7,11,15H,4H2,1-3H3. The lowest BCUT2D eigenvalue weighted by atomic mass is 10.1. The highest BCUT2D eigenvalue weighted by molar-refractivity contribution is 6.30. The van der Waals surface area contributed by atoms with Crippen molar-refractivity contribution in [2.75, 3.05) is 7.05 Å². The summed E-state index contributed by atoms with van der Waals surface area (Å²) in [5.74, 6) is 1.12. The van der Waals surface area contributed by atoms with Crippen molar-refractivity contribution in [1.29, 1.82) is 0 Å². The van der Waals surface area contributed by atoms with Gasteiger partial charge in [-0.15, -0.1) is 10.2 Å². The molecular weight excluding hydrogens is 250 g/mol. The van der Waals surface area contributed by atoms with Crippen LogP contribution in [0, 0.1) is 6.92 Å². The number of nitrogens with zero attached hydrogens (tertiary/aromatic N) is 2. The van der Waals surface area contributed by atoms with Gasteiger partial charge < -0.3 is 9.73 Å². The number of benzene rings is 1. The third-order valence-electron chi connectivity index (χ3n) is 2.93. The highest BCUT2D eigenvalue weighted by Crippen LogP contribution is 2.27. The van der Waals surface area contributed by atoms with Crippen molar-refractivity contribution in [1.82, 2.24) is 15.5 Å². The summed E-state index contributed by atoms with van der Waals surface area (Å²) in [6.07, 6.45) is 0.895. The fraction of sp³-hybridized carbons (Fsp3) is 0.385. The van der Waals surface area contributed by atoms with Crippen LogP contribution in [0.2, 0.25) is 5.02 Å². The van der Waals surface area contributed by atoms with E-state index in [9.17, 15) is 0 Å². The van der Waals surface area contributed by atoms with Crippen LogP contribution in [0.3, 0.4) is 0 Å². The molecule has 1 aromatic carbocycles. The highest BCUT2D eigenvalue weighted by atomic mass is 35.5. The van der Waals surface area contributed by atoms with Gasteiger partial charge in [-0.2, -0.15) is 0 Å². The molecule has 0 spiro atoms. The SMILES string of the molecule is CCC(NC)c1nnc(-c2cc(Cl)ccc2C)o1. The molecule has 18 heavy (non-hydrogen) atoms. The first-order chi connectivity index (χ1) is 8.65. The zero-order valence-electron chi connectivity index (χ0n) is 10.7. The van der Waals surface area contributed by atoms with Crippen molar-refractivity contribution in [2.45, 2.75) is 26.3 Å². The largest absolute Gasteiger partial charge is 0.419 e. The molecule has 0 bridgehead atoms. The molecule has 1 heterocycles. The Labute approximate surface area is 111 Å². The predicted molar refractivity (Wildman–Crippen MR) is 71.6 cm³/mol. The summed E-state index contributed by atoms with van der Waals surface area (Å²) in [7, 11) is 1.88. The van der Waals surface area contributed by atoms with Crippen LogP contribution in [0.15, 0.2) is 22.6 Å². The van der Waals surface area contributed by atoms with E-state index in [4.69, 9.17) is 16.0 Å². The molecule has 0 aliphatic carbocycles. The van der Waals surface area contributed by atoms with Gasteiger partial charge in [-0.1, -0.05) is 24.6 Å². The van der Waals surface area contributed by atoms with Crippen molar-refractivity contribution in [2.24, 2.45) is 0 Å². The molecule has 0 fully saturated rings. The Morgan fingerprint density at radius 3 is 2.83 bits per heavy atom. The average Bonchev–Trinajstić information content (AvgIpc) is 2.83. The zero-order valence-corrected chi connectivity index (χ0v) is 11.5. The lowest BCUT2D eigenvalue weighted by Crippen LogP contribution is -2.15. The van der Waals surface area contributed by atoms with E-state index in [1.807, 2.05) is 32.2 Å². The predicted octanol–water partition coefficient (Wildman–Crippen LogP) is 3.37. The number of hydrogen-bond acceptors (Lipinski definition) is 4. The first-order valence-electron chi connectivity index (χ1n) is 5.93. The fourth-order valence-electron chi connectivity index (χ4n) is 1.81. The Bertz CT molecular complexity index is 535. The number of aromatic nitrogens is 2. The lowest BCUT2D eigenvalue weighted by Gasteiger charge is -2.07. The number of nitrogens with one attached hydrogen (secondary N) is 1. The Morgan fingerprint density at radius 2 is 2.17 bits per heavy atom. The molecule has 5 heteroatoms. The maximum atomic E-state index is 5.99. The second kappa shape index (κ2) is 5.50. The number of rotatable bonds is 4. The van der Waals surface area contributed by atoms with Crippen LogP contribution in [0.1, 0.15) is 30.8 Å². The fourth-order valence-corrected chi connectivity index (χ4v) is 1.98. The van der Waals surface area contributed by atoms with E-state index in [1.54, 1.807) is 0 Å². The van der Waals surface area contributed by atoms with Gasteiger partial charge in [0.2, 0.25) is 11.8 Å². The van der Waals surface area contributed by atoms with Crippen LogP contribution in [-0.4, -0.2) is 17.2 Å². The number of halogens is 1. The molecule has 4 nitrogen and oxygen atoms in total. The molecule has 1 N–H and O–H groups in total. The second-order valence-electron chi connectivity index (χ2n) is 4.15. The summed E-state index contributed by atoms with van der Waals surface area (Å²) in [4.78, 5) is 0. The van der Waals surface area contributed by atoms with E-state index < -0.39 is 0 Å². The molecule has 0 aliphatic heterocycles. The molecule has 0 saturated heterocycles. The Balaban J connectivity index is 2.37. The molecule has 1 unspecified atom stereocenters. The zero-order chi connectivity index (χ0) is 13.1. The minimum Gasteiger partial charge on any atom is -0.419 e. The maximum absolute atomic E-state index is 5.99. The van der Waals surface area contributed by atoms with Crippen molar-refractivity contribution in [3.05, 3.63) is 34.7 Å². The molecule has 0 amide bonds. The summed E-state index contributed by atoms with van der Waals surface area (Å²) >= 11 is 5.99. The van der Waals surface area contributed by atoms with Crippen LogP contribution in [0.4, 0.5) is 0 Å². The van der Waals surface area contributed by atoms with Gasteiger partial charge in [-0.25, -0.2) is 0 Å². The maximum Gasteiger partial charge on any atom is 0.248 e. The van der Waals surface area contributed by atoms with Crippen LogP contribution in [0.25, 0.3) is 11.5 Å². The van der Waals surface area contributed by atoms with E-state index in [0.717, 1.165) is 17.5 Å². The molecule has 0 radical (unpaired) electrons. The minimum absolute atomic E-state index is 0.0886. The molecular formula is C13H16ClN3O. The average molecular weight is 266 g/mol. The van der Waals surface area contributed by atoms with Gasteiger partial charge in [-0.05, 0) is 38.1 Å². The van der Waals surface area contributed by atoms with E-state index in [-0.39, 0.29) is 6.04 Å². The van der Waals surface area contributed by atoms with Gasteiger partial charge in [0.25, 0.3) is 0 Å². The van der Waals surface area contributed by atoms with Gasteiger partial charge in [0.15, 0.2) is 0 Å². The smallest absolute Gasteiger partial charge is 0.248 e. The van der Waals surface area contributed by atoms with Crippen molar-refractivity contribution >= 4 is 11.6 Å². The van der Waals surface area contributed by atoms with Gasteiger partial charge in [0.1, 0.15) is 0 Å². The van der Waals surface area contributed by atoms with E-state index in [2.05, 4.69) is 22.4 Å². The summed E-state index contributed by atoms with van der Waals surface area (Å²) in [6.45, 7) is 4.06. The van der Waals surface area contributed by atoms with Gasteiger partial charge in [0, 0.05) is 10.6 Å². The van der Waals surface area contributed by atoms with Gasteiger partial charge in [0.05, 0.1) is 6.04 Å². The van der Waals surface area contributed by atoms with Crippen molar-refractivity contribution in [3.63, 3.8) is 0 Å². The number of hydrogen-bond donors (Lipinski definition) is 1. The van der Waals surface area contributed by atoms with Crippen LogP contribution in [-0.2, 0) is 0 Å². The van der Waals surface area contributed by atoms with Crippen molar-refractivity contribution in [3.8, 4) is 11.5 Å². The molecule has 0 aliphatic rings. The first-order valence-corrected chi connectivity index (χ1v) is 6.30. The van der Waals surface area contributed by atoms with Crippen molar-refractivity contribution < 1.29 is 4.42 Å². The van der Waals surface area contributed by atoms with Crippen LogP contribution in [0.5, 0.6) is 0 Å². The second-order valence-corrected chi connectivity index (χ2v) is 4.59. The Morgan fingerprint density at radius 1 is 1.39 bits per heavy atom. The van der Waals surface area contributed by atoms with Gasteiger partial charge >= 0.3 is 0 Å². The normalized spacial score (nSPS) is 12.7. The quantitative estimate of drug-likeness (QED) is 0.921. The van der Waals surface area contributed by atoms with E-state index >= 15 is 0 Å². The Hall–Kier alpha value is -1.39. The van der Waals surface area contributed by atoms with Gasteiger partial charge in [-0.3, -0.25) is 0 Å². The topological polar surface area (TPSA) is 51.0 Å². The highest BCUT2D eigenvalue weighted by Gasteiger charge is 2.16. The summed E-state index contributed by atoms with van der Waals surface area (Å²) < 4.78 is 5.71.